The Morgan fingerprint density at radius 3 is 2.81 bits per heavy atom. The number of benzene rings is 1. The number of ether oxygens (including phenoxy) is 2. The molecule has 0 saturated carbocycles. The topological polar surface area (TPSA) is 95.2 Å². The van der Waals surface area contributed by atoms with E-state index >= 15 is 0 Å². The van der Waals surface area contributed by atoms with Gasteiger partial charge in [0, 0.05) is 19.2 Å². The molecule has 142 valence electrons. The van der Waals surface area contributed by atoms with Crippen LogP contribution in [0.1, 0.15) is 31.3 Å². The minimum Gasteiger partial charge on any atom is -0.458 e. The van der Waals surface area contributed by atoms with Gasteiger partial charge in [-0.25, -0.2) is 18.4 Å². The van der Waals surface area contributed by atoms with Gasteiger partial charge >= 0.3 is 6.01 Å². The molecule has 2 aromatic heterocycles. The van der Waals surface area contributed by atoms with Crippen LogP contribution in [-0.4, -0.2) is 36.4 Å². The smallest absolute Gasteiger partial charge is 0.317 e. The van der Waals surface area contributed by atoms with Crippen LogP contribution >= 0.6 is 0 Å². The van der Waals surface area contributed by atoms with E-state index in [4.69, 9.17) is 9.47 Å². The molecule has 1 N–H and O–H groups in total. The minimum absolute atomic E-state index is 0.0370. The molecule has 0 fully saturated rings. The van der Waals surface area contributed by atoms with Crippen LogP contribution in [0.5, 0.6) is 11.8 Å². The van der Waals surface area contributed by atoms with E-state index in [0.29, 0.717) is 17.1 Å². The van der Waals surface area contributed by atoms with E-state index in [1.54, 1.807) is 19.2 Å². The first-order valence-corrected chi connectivity index (χ1v) is 8.08. The number of halogens is 2. The fourth-order valence-electron chi connectivity index (χ4n) is 2.19. The van der Waals surface area contributed by atoms with Gasteiger partial charge in [-0.3, -0.25) is 0 Å². The van der Waals surface area contributed by atoms with Gasteiger partial charge in [-0.05, 0) is 25.1 Å². The standard InChI is InChI=1S/C17H17F2N5O3/c1-10(25)15-5-6-20-17(21-15)26-9-12-8-24(23-22-12)13-3-4-14(19)16(7-13)27-11(2)18/h3-8,10-11,25H,9H2,1-2H3. The van der Waals surface area contributed by atoms with Gasteiger partial charge in [0.05, 0.1) is 23.7 Å². The summed E-state index contributed by atoms with van der Waals surface area (Å²) in [6.07, 6.45) is 0.659. The number of hydrogen-bond acceptors (Lipinski definition) is 7. The van der Waals surface area contributed by atoms with Crippen LogP contribution < -0.4 is 9.47 Å². The van der Waals surface area contributed by atoms with Crippen LogP contribution in [0.25, 0.3) is 5.69 Å². The molecule has 0 aliphatic carbocycles. The van der Waals surface area contributed by atoms with Crippen molar-refractivity contribution in [2.75, 3.05) is 0 Å². The number of hydrogen-bond donors (Lipinski definition) is 1. The third-order valence-corrected chi connectivity index (χ3v) is 3.44. The summed E-state index contributed by atoms with van der Waals surface area (Å²) < 4.78 is 38.2. The van der Waals surface area contributed by atoms with E-state index in [9.17, 15) is 13.9 Å². The lowest BCUT2D eigenvalue weighted by molar-refractivity contribution is 0.0814. The van der Waals surface area contributed by atoms with Crippen molar-refractivity contribution < 1.29 is 23.4 Å². The van der Waals surface area contributed by atoms with E-state index in [1.165, 1.54) is 23.0 Å². The van der Waals surface area contributed by atoms with Gasteiger partial charge in [-0.1, -0.05) is 5.21 Å². The molecule has 2 unspecified atom stereocenters. The predicted molar refractivity (Wildman–Crippen MR) is 89.5 cm³/mol. The van der Waals surface area contributed by atoms with Crippen molar-refractivity contribution in [1.29, 1.82) is 0 Å². The largest absolute Gasteiger partial charge is 0.458 e. The maximum absolute atomic E-state index is 13.7. The Kier molecular flexibility index (Phi) is 5.55. The summed E-state index contributed by atoms with van der Waals surface area (Å²) in [6.45, 7) is 2.78. The second-order valence-corrected chi connectivity index (χ2v) is 5.66. The van der Waals surface area contributed by atoms with Crippen molar-refractivity contribution in [3.8, 4) is 17.4 Å². The van der Waals surface area contributed by atoms with Crippen molar-refractivity contribution in [1.82, 2.24) is 25.0 Å². The lowest BCUT2D eigenvalue weighted by atomic mass is 10.3. The molecular weight excluding hydrogens is 360 g/mol. The average Bonchev–Trinajstić information content (AvgIpc) is 3.11. The van der Waals surface area contributed by atoms with Crippen LogP contribution in [0.15, 0.2) is 36.7 Å². The number of rotatable bonds is 7. The summed E-state index contributed by atoms with van der Waals surface area (Å²) in [4.78, 5) is 8.03. The SMILES string of the molecule is CC(F)Oc1cc(-n2cc(COc3nccc(C(C)O)n3)nn2)ccc1F. The quantitative estimate of drug-likeness (QED) is 0.676. The monoisotopic (exact) mass is 377 g/mol. The zero-order valence-electron chi connectivity index (χ0n) is 14.6. The number of aromatic nitrogens is 5. The molecule has 0 radical (unpaired) electrons. The van der Waals surface area contributed by atoms with Crippen LogP contribution in [0.3, 0.4) is 0 Å². The molecule has 0 saturated heterocycles. The van der Waals surface area contributed by atoms with Crippen molar-refractivity contribution >= 4 is 0 Å². The Hall–Kier alpha value is -3.14. The first-order valence-electron chi connectivity index (χ1n) is 8.08. The van der Waals surface area contributed by atoms with Crippen LogP contribution in [0.2, 0.25) is 0 Å². The molecule has 27 heavy (non-hydrogen) atoms. The summed E-state index contributed by atoms with van der Waals surface area (Å²) in [6, 6.07) is 5.61. The van der Waals surface area contributed by atoms with E-state index in [-0.39, 0.29) is 18.4 Å². The molecule has 3 aromatic rings. The lowest BCUT2D eigenvalue weighted by Gasteiger charge is -2.09. The third-order valence-electron chi connectivity index (χ3n) is 3.44. The maximum atomic E-state index is 13.7. The normalized spacial score (nSPS) is 13.2. The van der Waals surface area contributed by atoms with Gasteiger partial charge in [0.2, 0.25) is 6.36 Å². The third kappa shape index (κ3) is 4.73. The molecule has 2 atom stereocenters. The van der Waals surface area contributed by atoms with Gasteiger partial charge in [0.15, 0.2) is 11.6 Å². The molecule has 1 aromatic carbocycles. The van der Waals surface area contributed by atoms with Gasteiger partial charge in [-0.2, -0.15) is 4.98 Å². The Morgan fingerprint density at radius 2 is 2.07 bits per heavy atom. The predicted octanol–water partition coefficient (Wildman–Crippen LogP) is 2.52. The van der Waals surface area contributed by atoms with Crippen molar-refractivity contribution in [3.63, 3.8) is 0 Å². The van der Waals surface area contributed by atoms with Crippen molar-refractivity contribution in [3.05, 3.63) is 53.9 Å². The second kappa shape index (κ2) is 8.04. The fraction of sp³-hybridized carbons (Fsp3) is 0.294. The second-order valence-electron chi connectivity index (χ2n) is 5.66. The highest BCUT2D eigenvalue weighted by Gasteiger charge is 2.12. The van der Waals surface area contributed by atoms with E-state index in [2.05, 4.69) is 20.3 Å². The summed E-state index contributed by atoms with van der Waals surface area (Å²) >= 11 is 0. The Labute approximate surface area is 153 Å². The van der Waals surface area contributed by atoms with Gasteiger partial charge in [0.25, 0.3) is 0 Å². The molecule has 0 amide bonds. The molecule has 2 heterocycles. The summed E-state index contributed by atoms with van der Waals surface area (Å²) in [5.41, 5.74) is 1.34. The zero-order chi connectivity index (χ0) is 19.4. The molecule has 10 heteroatoms. The highest BCUT2D eigenvalue weighted by atomic mass is 19.1. The highest BCUT2D eigenvalue weighted by molar-refractivity contribution is 5.39. The van der Waals surface area contributed by atoms with Gasteiger partial charge in [-0.15, -0.1) is 5.10 Å². The Bertz CT molecular complexity index is 917. The van der Waals surface area contributed by atoms with Crippen LogP contribution in [0.4, 0.5) is 8.78 Å². The highest BCUT2D eigenvalue weighted by Crippen LogP contribution is 2.22. The van der Waals surface area contributed by atoms with E-state index < -0.39 is 18.3 Å². The Morgan fingerprint density at radius 1 is 1.26 bits per heavy atom. The summed E-state index contributed by atoms with van der Waals surface area (Å²) in [5, 5.41) is 17.4. The number of aliphatic hydroxyl groups excluding tert-OH is 1. The van der Waals surface area contributed by atoms with Gasteiger partial charge < -0.3 is 14.6 Å². The number of aliphatic hydroxyl groups is 1. The molecule has 0 aliphatic rings. The average molecular weight is 377 g/mol. The summed E-state index contributed by atoms with van der Waals surface area (Å²) in [7, 11) is 0. The van der Waals surface area contributed by atoms with E-state index in [0.717, 1.165) is 13.0 Å². The van der Waals surface area contributed by atoms with Crippen LogP contribution in [0, 0.1) is 5.82 Å². The number of nitrogens with zero attached hydrogens (tertiary/aromatic N) is 5. The minimum atomic E-state index is -1.65. The van der Waals surface area contributed by atoms with E-state index in [1.807, 2.05) is 0 Å². The molecule has 8 nitrogen and oxygen atoms in total. The zero-order valence-corrected chi connectivity index (χ0v) is 14.6. The van der Waals surface area contributed by atoms with Crippen molar-refractivity contribution in [2.24, 2.45) is 0 Å². The first kappa shape index (κ1) is 18.6. The first-order chi connectivity index (χ1) is 12.9. The molecule has 3 rings (SSSR count). The Balaban J connectivity index is 1.71. The lowest BCUT2D eigenvalue weighted by Crippen LogP contribution is -2.06. The fourth-order valence-corrected chi connectivity index (χ4v) is 2.19. The molecule has 0 bridgehead atoms. The maximum Gasteiger partial charge on any atom is 0.317 e. The molecule has 0 aliphatic heterocycles. The van der Waals surface area contributed by atoms with Crippen molar-refractivity contribution in [2.45, 2.75) is 32.9 Å². The number of alkyl halides is 1. The molecule has 0 spiro atoms. The molecular formula is C17H17F2N5O3. The van der Waals surface area contributed by atoms with Gasteiger partial charge in [0.1, 0.15) is 12.3 Å². The summed E-state index contributed by atoms with van der Waals surface area (Å²) in [5.74, 6) is -0.902. The van der Waals surface area contributed by atoms with Crippen LogP contribution in [-0.2, 0) is 6.61 Å².